The summed E-state index contributed by atoms with van der Waals surface area (Å²) in [5, 5.41) is 2.65. The van der Waals surface area contributed by atoms with Crippen molar-refractivity contribution < 1.29 is 13.2 Å². The number of nitrogens with one attached hydrogen (secondary N) is 1. The zero-order valence-corrected chi connectivity index (χ0v) is 15.0. The number of hydrogen-bond donors (Lipinski definition) is 1. The Hall–Kier alpha value is -2.18. The zero-order valence-electron chi connectivity index (χ0n) is 14.2. The number of carbonyl (C=O) groups excluding carboxylic acids is 1. The molecule has 2 aromatic carbocycles. The number of nitrogens with zero attached hydrogens (tertiary/aromatic N) is 1. The third-order valence-corrected chi connectivity index (χ3v) is 6.36. The maximum absolute atomic E-state index is 13.1. The fourth-order valence-corrected chi connectivity index (χ4v) is 4.57. The molecule has 0 unspecified atom stereocenters. The van der Waals surface area contributed by atoms with E-state index < -0.39 is 10.0 Å². The van der Waals surface area contributed by atoms with E-state index >= 15 is 0 Å². The van der Waals surface area contributed by atoms with E-state index in [9.17, 15) is 13.2 Å². The van der Waals surface area contributed by atoms with E-state index in [1.807, 2.05) is 30.3 Å². The fourth-order valence-electron chi connectivity index (χ4n) is 2.90. The van der Waals surface area contributed by atoms with Crippen LogP contribution < -0.4 is 5.32 Å². The molecule has 0 saturated heterocycles. The van der Waals surface area contributed by atoms with Gasteiger partial charge in [-0.25, -0.2) is 8.42 Å². The molecule has 132 valence electrons. The van der Waals surface area contributed by atoms with Gasteiger partial charge in [-0.15, -0.1) is 0 Å². The van der Waals surface area contributed by atoms with Crippen molar-refractivity contribution in [1.82, 2.24) is 4.31 Å². The second-order valence-electron chi connectivity index (χ2n) is 6.33. The minimum absolute atomic E-state index is 0.0558. The van der Waals surface area contributed by atoms with Crippen molar-refractivity contribution >= 4 is 21.6 Å². The second kappa shape index (κ2) is 7.37. The first-order valence-electron chi connectivity index (χ1n) is 8.40. The van der Waals surface area contributed by atoms with E-state index in [4.69, 9.17) is 0 Å². The van der Waals surface area contributed by atoms with E-state index in [-0.39, 0.29) is 16.8 Å². The molecule has 0 aliphatic heterocycles. The first-order valence-corrected chi connectivity index (χ1v) is 9.84. The Morgan fingerprint density at radius 1 is 1.08 bits per heavy atom. The standard InChI is InChI=1S/C19H22N2O3S/c1-15(22)20-17-10-12-19(13-11-17)25(23,24)21(18-8-5-9-18)14-16-6-3-2-4-7-16/h2-4,6-7,10-13,18H,5,8-9,14H2,1H3,(H,20,22). The van der Waals surface area contributed by atoms with Crippen LogP contribution in [0, 0.1) is 0 Å². The molecule has 0 bridgehead atoms. The van der Waals surface area contributed by atoms with Gasteiger partial charge in [0.1, 0.15) is 0 Å². The van der Waals surface area contributed by atoms with Gasteiger partial charge >= 0.3 is 0 Å². The Kier molecular flexibility index (Phi) is 5.20. The van der Waals surface area contributed by atoms with Crippen LogP contribution in [0.3, 0.4) is 0 Å². The number of carbonyl (C=O) groups is 1. The molecule has 1 N–H and O–H groups in total. The predicted molar refractivity (Wildman–Crippen MR) is 97.6 cm³/mol. The second-order valence-corrected chi connectivity index (χ2v) is 8.22. The van der Waals surface area contributed by atoms with Gasteiger partial charge in [-0.05, 0) is 42.7 Å². The smallest absolute Gasteiger partial charge is 0.243 e. The van der Waals surface area contributed by atoms with Crippen LogP contribution in [-0.2, 0) is 21.4 Å². The Bertz CT molecular complexity index is 829. The minimum atomic E-state index is -3.58. The van der Waals surface area contributed by atoms with E-state index in [0.717, 1.165) is 24.8 Å². The molecule has 1 aliphatic carbocycles. The van der Waals surface area contributed by atoms with Gasteiger partial charge in [0.25, 0.3) is 0 Å². The lowest BCUT2D eigenvalue weighted by Crippen LogP contribution is -2.43. The van der Waals surface area contributed by atoms with E-state index in [1.165, 1.54) is 6.92 Å². The summed E-state index contributed by atoms with van der Waals surface area (Å²) in [4.78, 5) is 11.4. The molecule has 1 fully saturated rings. The van der Waals surface area contributed by atoms with Gasteiger partial charge in [0, 0.05) is 25.2 Å². The lowest BCUT2D eigenvalue weighted by atomic mass is 9.93. The van der Waals surface area contributed by atoms with Crippen molar-refractivity contribution in [1.29, 1.82) is 0 Å². The molecule has 3 rings (SSSR count). The van der Waals surface area contributed by atoms with Crippen LogP contribution in [0.1, 0.15) is 31.7 Å². The molecule has 0 spiro atoms. The maximum atomic E-state index is 13.1. The largest absolute Gasteiger partial charge is 0.326 e. The van der Waals surface area contributed by atoms with Crippen LogP contribution in [-0.4, -0.2) is 24.7 Å². The molecule has 0 atom stereocenters. The molecule has 0 heterocycles. The van der Waals surface area contributed by atoms with Crippen LogP contribution in [0.5, 0.6) is 0 Å². The molecule has 0 radical (unpaired) electrons. The highest BCUT2D eigenvalue weighted by Gasteiger charge is 2.34. The number of rotatable bonds is 6. The van der Waals surface area contributed by atoms with Crippen LogP contribution >= 0.6 is 0 Å². The van der Waals surface area contributed by atoms with E-state index in [2.05, 4.69) is 5.32 Å². The van der Waals surface area contributed by atoms with Crippen molar-refractivity contribution in [2.75, 3.05) is 5.32 Å². The van der Waals surface area contributed by atoms with Crippen LogP contribution in [0.2, 0.25) is 0 Å². The molecule has 1 aliphatic rings. The fraction of sp³-hybridized carbons (Fsp3) is 0.316. The molecule has 2 aromatic rings. The number of anilines is 1. The molecule has 25 heavy (non-hydrogen) atoms. The third-order valence-electron chi connectivity index (χ3n) is 4.44. The summed E-state index contributed by atoms with van der Waals surface area (Å²) in [6.45, 7) is 1.80. The van der Waals surface area contributed by atoms with Crippen molar-refractivity contribution in [2.45, 2.75) is 43.7 Å². The quantitative estimate of drug-likeness (QED) is 0.861. The summed E-state index contributed by atoms with van der Waals surface area (Å²) in [6.07, 6.45) is 2.86. The number of hydrogen-bond acceptors (Lipinski definition) is 3. The summed E-state index contributed by atoms with van der Waals surface area (Å²) in [5.41, 5.74) is 1.57. The molecule has 5 nitrogen and oxygen atoms in total. The monoisotopic (exact) mass is 358 g/mol. The average molecular weight is 358 g/mol. The number of benzene rings is 2. The summed E-state index contributed by atoms with van der Waals surface area (Å²) in [5.74, 6) is -0.184. The van der Waals surface area contributed by atoms with Crippen molar-refractivity contribution in [2.24, 2.45) is 0 Å². The van der Waals surface area contributed by atoms with Crippen LogP contribution in [0.15, 0.2) is 59.5 Å². The van der Waals surface area contributed by atoms with E-state index in [0.29, 0.717) is 12.2 Å². The molecule has 6 heteroatoms. The Morgan fingerprint density at radius 2 is 1.72 bits per heavy atom. The van der Waals surface area contributed by atoms with Gasteiger partial charge in [0.2, 0.25) is 15.9 Å². The minimum Gasteiger partial charge on any atom is -0.326 e. The number of amides is 1. The van der Waals surface area contributed by atoms with Gasteiger partial charge in [0.15, 0.2) is 0 Å². The topological polar surface area (TPSA) is 66.5 Å². The lowest BCUT2D eigenvalue weighted by molar-refractivity contribution is -0.114. The van der Waals surface area contributed by atoms with Gasteiger partial charge in [-0.2, -0.15) is 4.31 Å². The Balaban J connectivity index is 1.87. The van der Waals surface area contributed by atoms with Crippen LogP contribution in [0.25, 0.3) is 0 Å². The summed E-state index contributed by atoms with van der Waals surface area (Å²) in [6, 6.07) is 16.1. The first-order chi connectivity index (χ1) is 12.0. The molecule has 1 amide bonds. The van der Waals surface area contributed by atoms with Gasteiger partial charge in [-0.3, -0.25) is 4.79 Å². The first kappa shape index (κ1) is 17.6. The van der Waals surface area contributed by atoms with Crippen LogP contribution in [0.4, 0.5) is 5.69 Å². The Morgan fingerprint density at radius 3 is 2.24 bits per heavy atom. The molecule has 1 saturated carbocycles. The van der Waals surface area contributed by atoms with Crippen molar-refractivity contribution in [3.8, 4) is 0 Å². The molecular weight excluding hydrogens is 336 g/mol. The predicted octanol–water partition coefficient (Wildman–Crippen LogP) is 3.39. The third kappa shape index (κ3) is 4.08. The highest BCUT2D eigenvalue weighted by molar-refractivity contribution is 7.89. The SMILES string of the molecule is CC(=O)Nc1ccc(S(=O)(=O)N(Cc2ccccc2)C2CCC2)cc1. The number of sulfonamides is 1. The van der Waals surface area contributed by atoms with Gasteiger partial charge < -0.3 is 5.32 Å². The summed E-state index contributed by atoms with van der Waals surface area (Å²) in [7, 11) is -3.58. The summed E-state index contributed by atoms with van der Waals surface area (Å²) < 4.78 is 27.9. The van der Waals surface area contributed by atoms with Gasteiger partial charge in [-0.1, -0.05) is 36.8 Å². The Labute approximate surface area is 148 Å². The highest BCUT2D eigenvalue weighted by Crippen LogP contribution is 2.31. The van der Waals surface area contributed by atoms with Crippen molar-refractivity contribution in [3.05, 3.63) is 60.2 Å². The lowest BCUT2D eigenvalue weighted by Gasteiger charge is -2.36. The zero-order chi connectivity index (χ0) is 17.9. The summed E-state index contributed by atoms with van der Waals surface area (Å²) >= 11 is 0. The normalized spacial score (nSPS) is 15.0. The van der Waals surface area contributed by atoms with E-state index in [1.54, 1.807) is 28.6 Å². The highest BCUT2D eigenvalue weighted by atomic mass is 32.2. The van der Waals surface area contributed by atoms with Gasteiger partial charge in [0.05, 0.1) is 4.90 Å². The van der Waals surface area contributed by atoms with Crippen molar-refractivity contribution in [3.63, 3.8) is 0 Å². The molecule has 0 aromatic heterocycles. The average Bonchev–Trinajstić information content (AvgIpc) is 2.53. The maximum Gasteiger partial charge on any atom is 0.243 e. The molecular formula is C19H22N2O3S.